The van der Waals surface area contributed by atoms with E-state index in [4.69, 9.17) is 9.47 Å². The van der Waals surface area contributed by atoms with Crippen LogP contribution < -0.4 is 0 Å². The first-order chi connectivity index (χ1) is 8.74. The minimum Gasteiger partial charge on any atom is -0.467 e. The lowest BCUT2D eigenvalue weighted by atomic mass is 9.98. The van der Waals surface area contributed by atoms with Gasteiger partial charge in [-0.1, -0.05) is 0 Å². The summed E-state index contributed by atoms with van der Waals surface area (Å²) in [6, 6.07) is -1.28. The molecule has 0 aromatic heterocycles. The molecule has 2 fully saturated rings. The maximum atomic E-state index is 13.8. The zero-order valence-corrected chi connectivity index (χ0v) is 11.7. The smallest absolute Gasteiger partial charge is 0.411 e. The van der Waals surface area contributed by atoms with E-state index in [-0.39, 0.29) is 5.92 Å². The van der Waals surface area contributed by atoms with Crippen molar-refractivity contribution < 1.29 is 23.5 Å². The van der Waals surface area contributed by atoms with Crippen molar-refractivity contribution in [2.45, 2.75) is 57.5 Å². The maximum absolute atomic E-state index is 13.8. The molecule has 0 spiro atoms. The Morgan fingerprint density at radius 2 is 1.89 bits per heavy atom. The van der Waals surface area contributed by atoms with Gasteiger partial charge in [0.1, 0.15) is 17.8 Å². The number of alkyl halides is 1. The highest BCUT2D eigenvalue weighted by atomic mass is 19.1. The summed E-state index contributed by atoms with van der Waals surface area (Å²) in [5.74, 6) is -0.662. The number of hydrogen-bond donors (Lipinski definition) is 0. The highest BCUT2D eigenvalue weighted by molar-refractivity contribution is 5.83. The van der Waals surface area contributed by atoms with Gasteiger partial charge in [0.05, 0.1) is 13.2 Å². The third-order valence-electron chi connectivity index (χ3n) is 3.64. The van der Waals surface area contributed by atoms with Crippen LogP contribution in [0.15, 0.2) is 0 Å². The molecule has 1 aliphatic carbocycles. The van der Waals surface area contributed by atoms with E-state index in [9.17, 15) is 14.0 Å². The number of rotatable bonds is 1. The van der Waals surface area contributed by atoms with Crippen molar-refractivity contribution >= 4 is 12.1 Å². The number of carbonyl (C=O) groups excluding carboxylic acids is 2. The quantitative estimate of drug-likeness (QED) is 0.685. The molecular weight excluding hydrogens is 253 g/mol. The van der Waals surface area contributed by atoms with Gasteiger partial charge in [-0.3, -0.25) is 4.90 Å². The Labute approximate surface area is 112 Å². The molecule has 1 saturated carbocycles. The van der Waals surface area contributed by atoms with E-state index in [0.717, 1.165) is 0 Å². The molecule has 19 heavy (non-hydrogen) atoms. The van der Waals surface area contributed by atoms with E-state index in [1.54, 1.807) is 20.8 Å². The van der Waals surface area contributed by atoms with Crippen LogP contribution in [-0.2, 0) is 14.3 Å². The Morgan fingerprint density at radius 1 is 1.26 bits per heavy atom. The largest absolute Gasteiger partial charge is 0.467 e. The lowest BCUT2D eigenvalue weighted by Gasteiger charge is -2.36. The number of nitrogens with zero attached hydrogens (tertiary/aromatic N) is 1. The van der Waals surface area contributed by atoms with Gasteiger partial charge in [-0.25, -0.2) is 14.0 Å². The minimum atomic E-state index is -1.08. The van der Waals surface area contributed by atoms with Crippen molar-refractivity contribution in [3.8, 4) is 0 Å². The van der Waals surface area contributed by atoms with Crippen molar-refractivity contribution in [2.75, 3.05) is 7.11 Å². The van der Waals surface area contributed by atoms with Crippen LogP contribution in [0.2, 0.25) is 0 Å². The molecule has 1 saturated heterocycles. The average molecular weight is 273 g/mol. The second kappa shape index (κ2) is 4.65. The van der Waals surface area contributed by atoms with E-state index >= 15 is 0 Å². The summed E-state index contributed by atoms with van der Waals surface area (Å²) in [5.41, 5.74) is -0.675. The Hall–Kier alpha value is -1.33. The number of likely N-dealkylation sites (tertiary alicyclic amines) is 1. The maximum Gasteiger partial charge on any atom is 0.411 e. The summed E-state index contributed by atoms with van der Waals surface area (Å²) in [5, 5.41) is 0. The summed E-state index contributed by atoms with van der Waals surface area (Å²) >= 11 is 0. The van der Waals surface area contributed by atoms with Crippen LogP contribution in [0.4, 0.5) is 9.18 Å². The van der Waals surface area contributed by atoms with Crippen LogP contribution in [0, 0.1) is 5.92 Å². The van der Waals surface area contributed by atoms with Crippen LogP contribution >= 0.6 is 0 Å². The van der Waals surface area contributed by atoms with Gasteiger partial charge in [-0.05, 0) is 39.5 Å². The van der Waals surface area contributed by atoms with Gasteiger partial charge in [-0.2, -0.15) is 0 Å². The molecule has 2 aliphatic rings. The molecule has 6 heteroatoms. The number of methoxy groups -OCH3 is 1. The normalized spacial score (nSPS) is 33.4. The molecule has 2 rings (SSSR count). The van der Waals surface area contributed by atoms with E-state index in [1.807, 2.05) is 0 Å². The Morgan fingerprint density at radius 3 is 2.42 bits per heavy atom. The number of halogens is 1. The van der Waals surface area contributed by atoms with E-state index in [2.05, 4.69) is 0 Å². The number of ether oxygens (including phenoxy) is 2. The van der Waals surface area contributed by atoms with E-state index in [1.165, 1.54) is 12.0 Å². The molecule has 1 heterocycles. The molecule has 0 aromatic rings. The van der Waals surface area contributed by atoms with Crippen molar-refractivity contribution in [3.63, 3.8) is 0 Å². The second-order valence-corrected chi connectivity index (χ2v) is 6.17. The fourth-order valence-electron chi connectivity index (χ4n) is 2.97. The standard InChI is InChI=1S/C13H20FNO4/c1-13(2,3)19-12(17)15-9-6-7(5-8(9)14)10(15)11(16)18-4/h7-10H,5-6H2,1-4H3/t7-,8+,9+,10-/m0/s1. The van der Waals surface area contributed by atoms with Crippen molar-refractivity contribution in [2.24, 2.45) is 5.92 Å². The summed E-state index contributed by atoms with van der Waals surface area (Å²) in [4.78, 5) is 25.2. The van der Waals surface area contributed by atoms with Gasteiger partial charge in [0.2, 0.25) is 0 Å². The van der Waals surface area contributed by atoms with Gasteiger partial charge in [-0.15, -0.1) is 0 Å². The van der Waals surface area contributed by atoms with Gasteiger partial charge in [0.15, 0.2) is 0 Å². The minimum absolute atomic E-state index is 0.167. The van der Waals surface area contributed by atoms with Gasteiger partial charge in [0, 0.05) is 0 Å². The monoisotopic (exact) mass is 273 g/mol. The van der Waals surface area contributed by atoms with Crippen LogP contribution in [0.25, 0.3) is 0 Å². The number of fused-ring (bicyclic) bond motifs is 2. The topological polar surface area (TPSA) is 55.8 Å². The first-order valence-corrected chi connectivity index (χ1v) is 6.48. The molecule has 0 N–H and O–H groups in total. The predicted octanol–water partition coefficient (Wildman–Crippen LogP) is 1.90. The van der Waals surface area contributed by atoms with Crippen molar-refractivity contribution in [1.82, 2.24) is 4.90 Å². The van der Waals surface area contributed by atoms with Crippen molar-refractivity contribution in [3.05, 3.63) is 0 Å². The molecule has 5 nitrogen and oxygen atoms in total. The molecule has 1 aliphatic heterocycles. The number of hydrogen-bond acceptors (Lipinski definition) is 4. The zero-order valence-electron chi connectivity index (χ0n) is 11.7. The predicted molar refractivity (Wildman–Crippen MR) is 65.3 cm³/mol. The molecule has 1 amide bonds. The average Bonchev–Trinajstić information content (AvgIpc) is 2.81. The van der Waals surface area contributed by atoms with Crippen molar-refractivity contribution in [1.29, 1.82) is 0 Å². The third-order valence-corrected chi connectivity index (χ3v) is 3.64. The summed E-state index contributed by atoms with van der Waals surface area (Å²) in [6.45, 7) is 5.21. The first-order valence-electron chi connectivity index (χ1n) is 6.48. The van der Waals surface area contributed by atoms with E-state index < -0.39 is 35.9 Å². The van der Waals surface area contributed by atoms with Gasteiger partial charge >= 0.3 is 12.1 Å². The molecule has 2 bridgehead atoms. The summed E-state index contributed by atoms with van der Waals surface area (Å²) < 4.78 is 23.8. The third kappa shape index (κ3) is 2.53. The van der Waals surface area contributed by atoms with Crippen LogP contribution in [-0.4, -0.2) is 47.9 Å². The number of esters is 1. The van der Waals surface area contributed by atoms with Crippen LogP contribution in [0.5, 0.6) is 0 Å². The number of amides is 1. The van der Waals surface area contributed by atoms with Crippen LogP contribution in [0.3, 0.4) is 0 Å². The zero-order chi connectivity index (χ0) is 14.4. The highest BCUT2D eigenvalue weighted by Crippen LogP contribution is 2.45. The molecule has 0 unspecified atom stereocenters. The lowest BCUT2D eigenvalue weighted by molar-refractivity contribution is -0.149. The molecule has 0 radical (unpaired) electrons. The van der Waals surface area contributed by atoms with Gasteiger partial charge < -0.3 is 9.47 Å². The Balaban J connectivity index is 2.20. The van der Waals surface area contributed by atoms with Crippen LogP contribution in [0.1, 0.15) is 33.6 Å². The SMILES string of the molecule is COC(=O)[C@@H]1[C@H]2C[C@@H](F)[C@@H](C2)N1C(=O)OC(C)(C)C. The molecular formula is C13H20FNO4. The summed E-state index contributed by atoms with van der Waals surface area (Å²) in [7, 11) is 1.27. The van der Waals surface area contributed by atoms with E-state index in [0.29, 0.717) is 12.8 Å². The molecule has 108 valence electrons. The summed E-state index contributed by atoms with van der Waals surface area (Å²) in [6.07, 6.45) is -0.916. The molecule has 4 atom stereocenters. The lowest BCUT2D eigenvalue weighted by Crippen LogP contribution is -2.54. The second-order valence-electron chi connectivity index (χ2n) is 6.17. The number of piperidine rings is 1. The number of carbonyl (C=O) groups is 2. The van der Waals surface area contributed by atoms with Gasteiger partial charge in [0.25, 0.3) is 0 Å². The highest BCUT2D eigenvalue weighted by Gasteiger charge is 2.57. The fourth-order valence-corrected chi connectivity index (χ4v) is 2.97. The Kier molecular flexibility index (Phi) is 3.45. The first kappa shape index (κ1) is 14.1. The fraction of sp³-hybridized carbons (Fsp3) is 0.846. The Bertz CT molecular complexity index is 393. The molecule has 0 aromatic carbocycles.